The van der Waals surface area contributed by atoms with Gasteiger partial charge in [0.2, 0.25) is 0 Å². The summed E-state index contributed by atoms with van der Waals surface area (Å²) in [7, 11) is -4.11. The second-order valence-electron chi connectivity index (χ2n) is 8.86. The van der Waals surface area contributed by atoms with E-state index in [1.165, 1.54) is 12.1 Å². The number of para-hydroxylation sites is 2. The number of amides is 2. The zero-order chi connectivity index (χ0) is 29.2. The molecule has 0 aromatic heterocycles. The topological polar surface area (TPSA) is 117 Å². The van der Waals surface area contributed by atoms with Gasteiger partial charge < -0.3 is 10.1 Å². The van der Waals surface area contributed by atoms with E-state index in [1.54, 1.807) is 105 Å². The quantitative estimate of drug-likeness (QED) is 0.193. The van der Waals surface area contributed by atoms with Crippen molar-refractivity contribution < 1.29 is 22.7 Å². The lowest BCUT2D eigenvalue weighted by atomic mass is 10.1. The summed E-state index contributed by atoms with van der Waals surface area (Å²) >= 11 is 0. The van der Waals surface area contributed by atoms with Crippen molar-refractivity contribution in [2.75, 3.05) is 22.8 Å². The molecule has 4 rings (SSSR count). The van der Waals surface area contributed by atoms with Crippen molar-refractivity contribution in [1.82, 2.24) is 5.43 Å². The van der Waals surface area contributed by atoms with Crippen LogP contribution in [0.2, 0.25) is 0 Å². The van der Waals surface area contributed by atoms with E-state index in [0.29, 0.717) is 34.9 Å². The first kappa shape index (κ1) is 29.0. The standard InChI is InChI=1S/C31H30N4O5S/c1-3-40-29-17-11-10-16-28(29)35(41(38,39)27-14-8-5-9-15-27)22-30(36)34-33-23(2)24-18-20-26(21-19-24)32-31(37)25-12-6-4-7-13-25/h4-21H,3,22H2,1-2H3,(H,32,37)(H,34,36)/b33-23+. The summed E-state index contributed by atoms with van der Waals surface area (Å²) in [6, 6.07) is 30.4. The minimum atomic E-state index is -4.11. The Morgan fingerprint density at radius 3 is 2.07 bits per heavy atom. The molecule has 0 heterocycles. The predicted molar refractivity (Wildman–Crippen MR) is 160 cm³/mol. The van der Waals surface area contributed by atoms with E-state index >= 15 is 0 Å². The van der Waals surface area contributed by atoms with E-state index < -0.39 is 22.5 Å². The maximum atomic E-state index is 13.6. The number of carbonyl (C=O) groups excluding carboxylic acids is 2. The second-order valence-corrected chi connectivity index (χ2v) is 10.7. The van der Waals surface area contributed by atoms with Crippen molar-refractivity contribution in [1.29, 1.82) is 0 Å². The van der Waals surface area contributed by atoms with Crippen molar-refractivity contribution >= 4 is 38.9 Å². The van der Waals surface area contributed by atoms with Gasteiger partial charge in [0.05, 0.1) is 22.9 Å². The first-order chi connectivity index (χ1) is 19.8. The number of carbonyl (C=O) groups is 2. The number of sulfonamides is 1. The Hall–Kier alpha value is -4.96. The molecule has 4 aromatic carbocycles. The second kappa shape index (κ2) is 13.4. The number of benzene rings is 4. The molecule has 10 heteroatoms. The maximum Gasteiger partial charge on any atom is 0.264 e. The summed E-state index contributed by atoms with van der Waals surface area (Å²) in [5, 5.41) is 7.00. The van der Waals surface area contributed by atoms with Gasteiger partial charge in [-0.3, -0.25) is 13.9 Å². The summed E-state index contributed by atoms with van der Waals surface area (Å²) in [5.41, 5.74) is 5.05. The van der Waals surface area contributed by atoms with E-state index in [-0.39, 0.29) is 16.5 Å². The Balaban J connectivity index is 1.49. The molecule has 0 aliphatic rings. The van der Waals surface area contributed by atoms with Crippen molar-refractivity contribution in [3.05, 3.63) is 120 Å². The number of rotatable bonds is 11. The molecule has 0 atom stereocenters. The number of hydrogen-bond donors (Lipinski definition) is 2. The first-order valence-corrected chi connectivity index (χ1v) is 14.3. The van der Waals surface area contributed by atoms with Crippen LogP contribution in [0.15, 0.2) is 119 Å². The fourth-order valence-corrected chi connectivity index (χ4v) is 5.38. The summed E-state index contributed by atoms with van der Waals surface area (Å²) in [5.74, 6) is -0.528. The first-order valence-electron chi connectivity index (χ1n) is 12.9. The average molecular weight is 571 g/mol. The number of anilines is 2. The van der Waals surface area contributed by atoms with Gasteiger partial charge in [-0.1, -0.05) is 60.7 Å². The zero-order valence-corrected chi connectivity index (χ0v) is 23.5. The molecular formula is C31H30N4O5S. The van der Waals surface area contributed by atoms with E-state index in [0.717, 1.165) is 4.31 Å². The monoisotopic (exact) mass is 570 g/mol. The Morgan fingerprint density at radius 1 is 0.805 bits per heavy atom. The average Bonchev–Trinajstić information content (AvgIpc) is 3.00. The lowest BCUT2D eigenvalue weighted by molar-refractivity contribution is -0.119. The molecule has 0 spiro atoms. The lowest BCUT2D eigenvalue weighted by Crippen LogP contribution is -2.40. The van der Waals surface area contributed by atoms with Gasteiger partial charge in [-0.25, -0.2) is 13.8 Å². The van der Waals surface area contributed by atoms with Gasteiger partial charge in [-0.2, -0.15) is 5.10 Å². The zero-order valence-electron chi connectivity index (χ0n) is 22.7. The van der Waals surface area contributed by atoms with Crippen molar-refractivity contribution in [2.24, 2.45) is 5.10 Å². The third kappa shape index (κ3) is 7.37. The third-order valence-electron chi connectivity index (χ3n) is 6.00. The molecule has 9 nitrogen and oxygen atoms in total. The number of hydrazone groups is 1. The molecule has 0 radical (unpaired) electrons. The molecular weight excluding hydrogens is 540 g/mol. The molecule has 0 bridgehead atoms. The van der Waals surface area contributed by atoms with Crippen LogP contribution in [0, 0.1) is 0 Å². The number of hydrogen-bond acceptors (Lipinski definition) is 6. The van der Waals surface area contributed by atoms with Crippen LogP contribution in [0.25, 0.3) is 0 Å². The van der Waals surface area contributed by atoms with E-state index in [1.807, 2.05) is 6.07 Å². The van der Waals surface area contributed by atoms with Gasteiger partial charge in [-0.05, 0) is 67.9 Å². The minimum absolute atomic E-state index is 0.0400. The Kier molecular flexibility index (Phi) is 9.49. The van der Waals surface area contributed by atoms with Gasteiger partial charge in [-0.15, -0.1) is 0 Å². The number of ether oxygens (including phenoxy) is 1. The molecule has 0 fully saturated rings. The molecule has 2 N–H and O–H groups in total. The van der Waals surface area contributed by atoms with Crippen LogP contribution in [0.1, 0.15) is 29.8 Å². The molecule has 210 valence electrons. The molecule has 0 saturated carbocycles. The highest BCUT2D eigenvalue weighted by Crippen LogP contribution is 2.32. The van der Waals surface area contributed by atoms with Crippen molar-refractivity contribution in [3.8, 4) is 5.75 Å². The number of nitrogens with one attached hydrogen (secondary N) is 2. The van der Waals surface area contributed by atoms with Crippen LogP contribution in [0.5, 0.6) is 5.75 Å². The highest BCUT2D eigenvalue weighted by molar-refractivity contribution is 7.92. The third-order valence-corrected chi connectivity index (χ3v) is 7.77. The van der Waals surface area contributed by atoms with Gasteiger partial charge in [0.25, 0.3) is 21.8 Å². The molecule has 0 aliphatic heterocycles. The highest BCUT2D eigenvalue weighted by atomic mass is 32.2. The Labute approximate surface area is 239 Å². The molecule has 2 amide bonds. The largest absolute Gasteiger partial charge is 0.492 e. The van der Waals surface area contributed by atoms with Gasteiger partial charge in [0, 0.05) is 11.3 Å². The Morgan fingerprint density at radius 2 is 1.41 bits per heavy atom. The minimum Gasteiger partial charge on any atom is -0.492 e. The molecule has 0 saturated heterocycles. The Bertz CT molecular complexity index is 1620. The van der Waals surface area contributed by atoms with Crippen LogP contribution in [0.4, 0.5) is 11.4 Å². The van der Waals surface area contributed by atoms with Crippen molar-refractivity contribution in [3.63, 3.8) is 0 Å². The number of nitrogens with zero attached hydrogens (tertiary/aromatic N) is 2. The van der Waals surface area contributed by atoms with E-state index in [2.05, 4.69) is 15.8 Å². The smallest absolute Gasteiger partial charge is 0.264 e. The summed E-state index contributed by atoms with van der Waals surface area (Å²) < 4.78 is 33.9. The summed E-state index contributed by atoms with van der Waals surface area (Å²) in [6.07, 6.45) is 0. The van der Waals surface area contributed by atoms with Crippen molar-refractivity contribution in [2.45, 2.75) is 18.7 Å². The highest BCUT2D eigenvalue weighted by Gasteiger charge is 2.29. The SMILES string of the molecule is CCOc1ccccc1N(CC(=O)N/N=C(\C)c1ccc(NC(=O)c2ccccc2)cc1)S(=O)(=O)c1ccccc1. The maximum absolute atomic E-state index is 13.6. The van der Waals surface area contributed by atoms with Crippen LogP contribution >= 0.6 is 0 Å². The molecule has 4 aromatic rings. The normalized spacial score (nSPS) is 11.4. The van der Waals surface area contributed by atoms with Gasteiger partial charge >= 0.3 is 0 Å². The van der Waals surface area contributed by atoms with Crippen LogP contribution < -0.4 is 19.8 Å². The fraction of sp³-hybridized carbons (Fsp3) is 0.129. The van der Waals surface area contributed by atoms with Gasteiger partial charge in [0.15, 0.2) is 0 Å². The van der Waals surface area contributed by atoms with Crippen LogP contribution in [0.3, 0.4) is 0 Å². The summed E-state index contributed by atoms with van der Waals surface area (Å²) in [4.78, 5) is 25.4. The molecule has 41 heavy (non-hydrogen) atoms. The molecule has 0 unspecified atom stereocenters. The van der Waals surface area contributed by atoms with E-state index in [4.69, 9.17) is 4.74 Å². The predicted octanol–water partition coefficient (Wildman–Crippen LogP) is 5.07. The van der Waals surface area contributed by atoms with Gasteiger partial charge in [0.1, 0.15) is 12.3 Å². The van der Waals surface area contributed by atoms with Crippen LogP contribution in [-0.2, 0) is 14.8 Å². The van der Waals surface area contributed by atoms with E-state index in [9.17, 15) is 18.0 Å². The lowest BCUT2D eigenvalue weighted by Gasteiger charge is -2.25. The molecule has 0 aliphatic carbocycles. The summed E-state index contributed by atoms with van der Waals surface area (Å²) in [6.45, 7) is 3.30. The fourth-order valence-electron chi connectivity index (χ4n) is 3.92. The van der Waals surface area contributed by atoms with Crippen LogP contribution in [-0.4, -0.2) is 39.1 Å².